The van der Waals surface area contributed by atoms with Crippen LogP contribution in [0.3, 0.4) is 0 Å². The van der Waals surface area contributed by atoms with Crippen LogP contribution in [0.4, 0.5) is 0 Å². The third-order valence-corrected chi connectivity index (χ3v) is 3.54. The standard InChI is InChI=1S/C15H24N2O/c1-11(16)9-14-15(8-7-12(2)17-14)18-10-13-5-3-4-6-13/h7-8,11,13H,3-6,9-10,16H2,1-2H3. The van der Waals surface area contributed by atoms with E-state index >= 15 is 0 Å². The molecule has 0 spiro atoms. The number of ether oxygens (including phenoxy) is 1. The maximum Gasteiger partial charge on any atom is 0.140 e. The Hall–Kier alpha value is -1.09. The second-order valence-electron chi connectivity index (χ2n) is 5.54. The predicted octanol–water partition coefficient (Wildman–Crippen LogP) is 2.85. The Balaban J connectivity index is 2.00. The molecule has 0 aromatic carbocycles. The van der Waals surface area contributed by atoms with Gasteiger partial charge in [0.1, 0.15) is 5.75 Å². The van der Waals surface area contributed by atoms with Gasteiger partial charge in [-0.1, -0.05) is 12.8 Å². The van der Waals surface area contributed by atoms with E-state index in [0.717, 1.165) is 36.1 Å². The molecule has 3 nitrogen and oxygen atoms in total. The van der Waals surface area contributed by atoms with Crippen molar-refractivity contribution in [1.29, 1.82) is 0 Å². The summed E-state index contributed by atoms with van der Waals surface area (Å²) in [5.41, 5.74) is 7.90. The Kier molecular flexibility index (Phi) is 4.59. The highest BCUT2D eigenvalue weighted by molar-refractivity contribution is 5.30. The fourth-order valence-electron chi connectivity index (χ4n) is 2.57. The summed E-state index contributed by atoms with van der Waals surface area (Å²) in [4.78, 5) is 4.55. The largest absolute Gasteiger partial charge is 0.491 e. The minimum absolute atomic E-state index is 0.119. The first-order chi connectivity index (χ1) is 8.65. The van der Waals surface area contributed by atoms with E-state index in [2.05, 4.69) is 4.98 Å². The highest BCUT2D eigenvalue weighted by Gasteiger charge is 2.16. The minimum atomic E-state index is 0.119. The number of pyridine rings is 1. The van der Waals surface area contributed by atoms with Gasteiger partial charge in [-0.25, -0.2) is 0 Å². The molecule has 0 bridgehead atoms. The number of rotatable bonds is 5. The van der Waals surface area contributed by atoms with Gasteiger partial charge in [0.15, 0.2) is 0 Å². The molecule has 1 heterocycles. The van der Waals surface area contributed by atoms with Gasteiger partial charge >= 0.3 is 0 Å². The van der Waals surface area contributed by atoms with Crippen LogP contribution in [0.1, 0.15) is 44.0 Å². The maximum absolute atomic E-state index is 5.96. The van der Waals surface area contributed by atoms with E-state index in [4.69, 9.17) is 10.5 Å². The zero-order valence-electron chi connectivity index (χ0n) is 11.5. The fourth-order valence-corrected chi connectivity index (χ4v) is 2.57. The first kappa shape index (κ1) is 13.3. The van der Waals surface area contributed by atoms with Gasteiger partial charge in [0.2, 0.25) is 0 Å². The van der Waals surface area contributed by atoms with Crippen molar-refractivity contribution in [3.05, 3.63) is 23.5 Å². The summed E-state index contributed by atoms with van der Waals surface area (Å²) >= 11 is 0. The van der Waals surface area contributed by atoms with Crippen LogP contribution < -0.4 is 10.5 Å². The molecule has 1 atom stereocenters. The molecule has 1 saturated carbocycles. The Labute approximate surface area is 110 Å². The van der Waals surface area contributed by atoms with E-state index in [9.17, 15) is 0 Å². The first-order valence-corrected chi connectivity index (χ1v) is 7.00. The lowest BCUT2D eigenvalue weighted by molar-refractivity contribution is 0.248. The lowest BCUT2D eigenvalue weighted by atomic mass is 10.1. The van der Waals surface area contributed by atoms with Crippen LogP contribution >= 0.6 is 0 Å². The van der Waals surface area contributed by atoms with Crippen molar-refractivity contribution in [2.24, 2.45) is 11.7 Å². The van der Waals surface area contributed by atoms with E-state index in [1.165, 1.54) is 25.7 Å². The Morgan fingerprint density at radius 1 is 1.39 bits per heavy atom. The number of nitrogens with zero attached hydrogens (tertiary/aromatic N) is 1. The van der Waals surface area contributed by atoms with Gasteiger partial charge in [-0.2, -0.15) is 0 Å². The molecule has 0 aliphatic heterocycles. The maximum atomic E-state index is 5.96. The summed E-state index contributed by atoms with van der Waals surface area (Å²) in [7, 11) is 0. The zero-order valence-corrected chi connectivity index (χ0v) is 11.5. The van der Waals surface area contributed by atoms with Crippen LogP contribution in [-0.2, 0) is 6.42 Å². The molecular weight excluding hydrogens is 224 g/mol. The average molecular weight is 248 g/mol. The number of nitrogens with two attached hydrogens (primary N) is 1. The summed E-state index contributed by atoms with van der Waals surface area (Å²) in [6, 6.07) is 4.16. The normalized spacial score (nSPS) is 17.9. The van der Waals surface area contributed by atoms with Gasteiger partial charge in [-0.3, -0.25) is 4.98 Å². The summed E-state index contributed by atoms with van der Waals surface area (Å²) in [6.45, 7) is 4.84. The number of aromatic nitrogens is 1. The molecule has 3 heteroatoms. The second-order valence-corrected chi connectivity index (χ2v) is 5.54. The van der Waals surface area contributed by atoms with Gasteiger partial charge in [0.05, 0.1) is 12.3 Å². The topological polar surface area (TPSA) is 48.1 Å². The molecule has 1 aromatic rings. The van der Waals surface area contributed by atoms with Gasteiger partial charge in [0.25, 0.3) is 0 Å². The highest BCUT2D eigenvalue weighted by Crippen LogP contribution is 2.26. The monoisotopic (exact) mass is 248 g/mol. The molecule has 0 saturated heterocycles. The van der Waals surface area contributed by atoms with E-state index in [1.54, 1.807) is 0 Å². The lowest BCUT2D eigenvalue weighted by Crippen LogP contribution is -2.20. The lowest BCUT2D eigenvalue weighted by Gasteiger charge is -2.15. The molecular formula is C15H24N2O. The van der Waals surface area contributed by atoms with E-state index in [1.807, 2.05) is 26.0 Å². The van der Waals surface area contributed by atoms with Crippen molar-refractivity contribution >= 4 is 0 Å². The number of hydrogen-bond acceptors (Lipinski definition) is 3. The van der Waals surface area contributed by atoms with E-state index in [0.29, 0.717) is 0 Å². The summed E-state index contributed by atoms with van der Waals surface area (Å²) < 4.78 is 5.96. The molecule has 1 aliphatic rings. The quantitative estimate of drug-likeness (QED) is 0.871. The summed E-state index contributed by atoms with van der Waals surface area (Å²) in [5, 5.41) is 0. The zero-order chi connectivity index (χ0) is 13.0. The van der Waals surface area contributed by atoms with Crippen LogP contribution in [0.2, 0.25) is 0 Å². The van der Waals surface area contributed by atoms with Crippen molar-refractivity contribution in [2.75, 3.05) is 6.61 Å². The van der Waals surface area contributed by atoms with Gasteiger partial charge in [-0.15, -0.1) is 0 Å². The smallest absolute Gasteiger partial charge is 0.140 e. The van der Waals surface area contributed by atoms with E-state index in [-0.39, 0.29) is 6.04 Å². The summed E-state index contributed by atoms with van der Waals surface area (Å²) in [6.07, 6.45) is 6.10. The third kappa shape index (κ3) is 3.70. The molecule has 2 N–H and O–H groups in total. The van der Waals surface area contributed by atoms with Crippen LogP contribution in [0.15, 0.2) is 12.1 Å². The first-order valence-electron chi connectivity index (χ1n) is 7.00. The van der Waals surface area contributed by atoms with Crippen molar-refractivity contribution in [3.63, 3.8) is 0 Å². The molecule has 1 aliphatic carbocycles. The van der Waals surface area contributed by atoms with Crippen molar-refractivity contribution < 1.29 is 4.74 Å². The molecule has 18 heavy (non-hydrogen) atoms. The highest BCUT2D eigenvalue weighted by atomic mass is 16.5. The Bertz CT molecular complexity index is 384. The molecule has 0 amide bonds. The molecule has 2 rings (SSSR count). The predicted molar refractivity (Wildman–Crippen MR) is 73.8 cm³/mol. The van der Waals surface area contributed by atoms with Gasteiger partial charge in [-0.05, 0) is 44.7 Å². The third-order valence-electron chi connectivity index (χ3n) is 3.54. The second kappa shape index (κ2) is 6.19. The van der Waals surface area contributed by atoms with E-state index < -0.39 is 0 Å². The van der Waals surface area contributed by atoms with Crippen LogP contribution in [0, 0.1) is 12.8 Å². The molecule has 100 valence electrons. The van der Waals surface area contributed by atoms with Gasteiger partial charge in [0, 0.05) is 18.2 Å². The fraction of sp³-hybridized carbons (Fsp3) is 0.667. The summed E-state index contributed by atoms with van der Waals surface area (Å²) in [5.74, 6) is 1.65. The molecule has 1 aromatic heterocycles. The van der Waals surface area contributed by atoms with Crippen molar-refractivity contribution in [2.45, 2.75) is 52.0 Å². The van der Waals surface area contributed by atoms with Gasteiger partial charge < -0.3 is 10.5 Å². The van der Waals surface area contributed by atoms with Crippen LogP contribution in [-0.4, -0.2) is 17.6 Å². The number of hydrogen-bond donors (Lipinski definition) is 1. The van der Waals surface area contributed by atoms with Crippen molar-refractivity contribution in [3.8, 4) is 5.75 Å². The van der Waals surface area contributed by atoms with Crippen molar-refractivity contribution in [1.82, 2.24) is 4.98 Å². The number of aryl methyl sites for hydroxylation is 1. The van der Waals surface area contributed by atoms with Crippen LogP contribution in [0.25, 0.3) is 0 Å². The molecule has 1 fully saturated rings. The average Bonchev–Trinajstić information content (AvgIpc) is 2.80. The minimum Gasteiger partial charge on any atom is -0.491 e. The molecule has 1 unspecified atom stereocenters. The SMILES string of the molecule is Cc1ccc(OCC2CCCC2)c(CC(C)N)n1. The Morgan fingerprint density at radius 2 is 2.11 bits per heavy atom. The molecule has 0 radical (unpaired) electrons. The van der Waals surface area contributed by atoms with Crippen LogP contribution in [0.5, 0.6) is 5.75 Å². The Morgan fingerprint density at radius 3 is 2.78 bits per heavy atom.